The van der Waals surface area contributed by atoms with Gasteiger partial charge < -0.3 is 5.11 Å². The van der Waals surface area contributed by atoms with E-state index in [4.69, 9.17) is 0 Å². The summed E-state index contributed by atoms with van der Waals surface area (Å²) in [5.41, 5.74) is 0.364. The van der Waals surface area contributed by atoms with Gasteiger partial charge in [-0.3, -0.25) is 0 Å². The highest BCUT2D eigenvalue weighted by Crippen LogP contribution is 2.33. The van der Waals surface area contributed by atoms with Crippen LogP contribution in [-0.4, -0.2) is 11.2 Å². The lowest BCUT2D eigenvalue weighted by molar-refractivity contribution is 0.0591. The van der Waals surface area contributed by atoms with Crippen LogP contribution in [0, 0.1) is 17.3 Å². The molecule has 0 bridgehead atoms. The fourth-order valence-electron chi connectivity index (χ4n) is 2.49. The van der Waals surface area contributed by atoms with E-state index in [9.17, 15) is 5.11 Å². The highest BCUT2D eigenvalue weighted by Gasteiger charge is 2.25. The Labute approximate surface area is 95.3 Å². The molecule has 15 heavy (non-hydrogen) atoms. The summed E-state index contributed by atoms with van der Waals surface area (Å²) < 4.78 is 0. The van der Waals surface area contributed by atoms with Gasteiger partial charge in [-0.15, -0.1) is 0 Å². The summed E-state index contributed by atoms with van der Waals surface area (Å²) in [5.74, 6) is 1.47. The third kappa shape index (κ3) is 5.01. The van der Waals surface area contributed by atoms with Crippen molar-refractivity contribution in [1.82, 2.24) is 0 Å². The number of aliphatic hydroxyl groups is 1. The minimum absolute atomic E-state index is 0.0447. The zero-order valence-electron chi connectivity index (χ0n) is 10.9. The third-order valence-corrected chi connectivity index (χ3v) is 3.79. The maximum atomic E-state index is 10.1. The molecule has 0 heterocycles. The summed E-state index contributed by atoms with van der Waals surface area (Å²) in [5, 5.41) is 10.1. The van der Waals surface area contributed by atoms with Gasteiger partial charge in [-0.25, -0.2) is 0 Å². The minimum atomic E-state index is -0.0447. The van der Waals surface area contributed by atoms with E-state index < -0.39 is 0 Å². The average Bonchev–Trinajstić information content (AvgIpc) is 2.14. The van der Waals surface area contributed by atoms with Gasteiger partial charge in [0.15, 0.2) is 0 Å². The summed E-state index contributed by atoms with van der Waals surface area (Å²) in [6.45, 7) is 9.09. The summed E-state index contributed by atoms with van der Waals surface area (Å²) in [6, 6.07) is 0. The van der Waals surface area contributed by atoms with Crippen LogP contribution in [0.15, 0.2) is 0 Å². The molecule has 0 aliphatic heterocycles. The highest BCUT2D eigenvalue weighted by atomic mass is 16.3. The molecule has 1 heteroatoms. The van der Waals surface area contributed by atoms with Crippen LogP contribution in [0.5, 0.6) is 0 Å². The van der Waals surface area contributed by atoms with E-state index >= 15 is 0 Å². The Bertz CT molecular complexity index is 172. The van der Waals surface area contributed by atoms with Crippen LogP contribution >= 0.6 is 0 Å². The zero-order chi connectivity index (χ0) is 11.5. The number of rotatable bonds is 3. The van der Waals surface area contributed by atoms with E-state index in [2.05, 4.69) is 27.7 Å². The maximum absolute atomic E-state index is 10.1. The molecule has 1 atom stereocenters. The van der Waals surface area contributed by atoms with Gasteiger partial charge >= 0.3 is 0 Å². The molecule has 0 spiro atoms. The van der Waals surface area contributed by atoms with Crippen LogP contribution in [0.25, 0.3) is 0 Å². The maximum Gasteiger partial charge on any atom is 0.0568 e. The van der Waals surface area contributed by atoms with Crippen molar-refractivity contribution in [3.63, 3.8) is 0 Å². The summed E-state index contributed by atoms with van der Waals surface area (Å²) in [6.07, 6.45) is 7.20. The van der Waals surface area contributed by atoms with Crippen LogP contribution < -0.4 is 0 Å². The first-order valence-electron chi connectivity index (χ1n) is 6.56. The fourth-order valence-corrected chi connectivity index (χ4v) is 2.49. The van der Waals surface area contributed by atoms with Crippen molar-refractivity contribution >= 4 is 0 Å². The van der Waals surface area contributed by atoms with Crippen LogP contribution in [0.1, 0.15) is 66.2 Å². The Morgan fingerprint density at radius 3 is 2.13 bits per heavy atom. The highest BCUT2D eigenvalue weighted by molar-refractivity contribution is 4.77. The topological polar surface area (TPSA) is 20.2 Å². The van der Waals surface area contributed by atoms with Crippen molar-refractivity contribution < 1.29 is 5.11 Å². The third-order valence-electron chi connectivity index (χ3n) is 3.79. The van der Waals surface area contributed by atoms with Crippen molar-refractivity contribution in [2.75, 3.05) is 0 Å². The van der Waals surface area contributed by atoms with E-state index in [1.165, 1.54) is 25.7 Å². The second kappa shape index (κ2) is 5.34. The molecule has 0 amide bonds. The van der Waals surface area contributed by atoms with E-state index in [-0.39, 0.29) is 6.10 Å². The van der Waals surface area contributed by atoms with Gasteiger partial charge in [-0.2, -0.15) is 0 Å². The molecular weight excluding hydrogens is 184 g/mol. The first-order valence-corrected chi connectivity index (χ1v) is 6.56. The summed E-state index contributed by atoms with van der Waals surface area (Å²) in [4.78, 5) is 0. The van der Waals surface area contributed by atoms with E-state index in [0.717, 1.165) is 18.8 Å². The molecule has 0 aromatic carbocycles. The quantitative estimate of drug-likeness (QED) is 0.749. The van der Waals surface area contributed by atoms with Crippen LogP contribution in [0.3, 0.4) is 0 Å². The van der Waals surface area contributed by atoms with Gasteiger partial charge in [0.25, 0.3) is 0 Å². The Morgan fingerprint density at radius 1 is 1.13 bits per heavy atom. The molecule has 0 saturated heterocycles. The molecule has 1 nitrogen and oxygen atoms in total. The average molecular weight is 212 g/mol. The molecule has 1 rings (SSSR count). The van der Waals surface area contributed by atoms with E-state index in [1.54, 1.807) is 0 Å². The lowest BCUT2D eigenvalue weighted by Gasteiger charge is -2.31. The van der Waals surface area contributed by atoms with Crippen molar-refractivity contribution in [3.05, 3.63) is 0 Å². The predicted molar refractivity (Wildman–Crippen MR) is 65.8 cm³/mol. The number of aliphatic hydroxyl groups excluding tert-OH is 1. The SMILES string of the molecule is CC1CCC(C(O)CCC(C)(C)C)CC1. The lowest BCUT2D eigenvalue weighted by atomic mass is 9.77. The first-order chi connectivity index (χ1) is 6.88. The number of hydrogen-bond acceptors (Lipinski definition) is 1. The van der Waals surface area contributed by atoms with Crippen molar-refractivity contribution in [3.8, 4) is 0 Å². The zero-order valence-corrected chi connectivity index (χ0v) is 10.9. The van der Waals surface area contributed by atoms with Crippen molar-refractivity contribution in [2.24, 2.45) is 17.3 Å². The standard InChI is InChI=1S/C14H28O/c1-11-5-7-12(8-6-11)13(15)9-10-14(2,3)4/h11-13,15H,5-10H2,1-4H3. The molecule has 0 aromatic rings. The van der Waals surface area contributed by atoms with Crippen molar-refractivity contribution in [1.29, 1.82) is 0 Å². The molecule has 0 radical (unpaired) electrons. The Balaban J connectivity index is 2.25. The minimum Gasteiger partial charge on any atom is -0.393 e. The van der Waals surface area contributed by atoms with Crippen LogP contribution in [-0.2, 0) is 0 Å². The monoisotopic (exact) mass is 212 g/mol. The fraction of sp³-hybridized carbons (Fsp3) is 1.00. The van der Waals surface area contributed by atoms with Gasteiger partial charge in [-0.05, 0) is 42.9 Å². The molecule has 1 aliphatic rings. The van der Waals surface area contributed by atoms with Gasteiger partial charge in [-0.1, -0.05) is 40.5 Å². The molecule has 1 aliphatic carbocycles. The molecule has 1 unspecified atom stereocenters. The van der Waals surface area contributed by atoms with E-state index in [1.807, 2.05) is 0 Å². The Morgan fingerprint density at radius 2 is 1.67 bits per heavy atom. The molecule has 1 saturated carbocycles. The molecule has 1 N–H and O–H groups in total. The van der Waals surface area contributed by atoms with Crippen LogP contribution in [0.2, 0.25) is 0 Å². The Kier molecular flexibility index (Phi) is 4.64. The summed E-state index contributed by atoms with van der Waals surface area (Å²) in [7, 11) is 0. The van der Waals surface area contributed by atoms with Gasteiger partial charge in [0, 0.05) is 0 Å². The largest absolute Gasteiger partial charge is 0.393 e. The van der Waals surface area contributed by atoms with Crippen molar-refractivity contribution in [2.45, 2.75) is 72.3 Å². The molecule has 90 valence electrons. The number of hydrogen-bond donors (Lipinski definition) is 1. The smallest absolute Gasteiger partial charge is 0.0568 e. The molecule has 1 fully saturated rings. The Hall–Kier alpha value is -0.0400. The van der Waals surface area contributed by atoms with Gasteiger partial charge in [0.2, 0.25) is 0 Å². The predicted octanol–water partition coefficient (Wildman–Crippen LogP) is 4.00. The summed E-state index contributed by atoms with van der Waals surface area (Å²) >= 11 is 0. The molecule has 0 aromatic heterocycles. The second-order valence-corrected chi connectivity index (χ2v) is 6.69. The first kappa shape index (κ1) is 13.0. The van der Waals surface area contributed by atoms with E-state index in [0.29, 0.717) is 11.3 Å². The normalized spacial score (nSPS) is 30.2. The second-order valence-electron chi connectivity index (χ2n) is 6.69. The lowest BCUT2D eigenvalue weighted by Crippen LogP contribution is -2.26. The van der Waals surface area contributed by atoms with Gasteiger partial charge in [0.05, 0.1) is 6.10 Å². The van der Waals surface area contributed by atoms with Crippen LogP contribution in [0.4, 0.5) is 0 Å². The van der Waals surface area contributed by atoms with Gasteiger partial charge in [0.1, 0.15) is 0 Å². The molecular formula is C14H28O.